The van der Waals surface area contributed by atoms with Crippen molar-refractivity contribution in [1.82, 2.24) is 0 Å². The molecule has 19 heavy (non-hydrogen) atoms. The Labute approximate surface area is 123 Å². The van der Waals surface area contributed by atoms with Crippen LogP contribution in [-0.2, 0) is 6.54 Å². The van der Waals surface area contributed by atoms with Gasteiger partial charge < -0.3 is 10.6 Å². The highest BCUT2D eigenvalue weighted by Gasteiger charge is 2.06. The summed E-state index contributed by atoms with van der Waals surface area (Å²) in [5.41, 5.74) is 11.7. The van der Waals surface area contributed by atoms with Crippen LogP contribution in [0.3, 0.4) is 0 Å². The molecule has 100 valence electrons. The van der Waals surface area contributed by atoms with Gasteiger partial charge in [0.1, 0.15) is 0 Å². The van der Waals surface area contributed by atoms with Gasteiger partial charge in [-0.3, -0.25) is 0 Å². The lowest BCUT2D eigenvalue weighted by atomic mass is 10.1. The van der Waals surface area contributed by atoms with Crippen LogP contribution in [0.2, 0.25) is 0 Å². The average molecular weight is 319 g/mol. The molecule has 0 unspecified atom stereocenters. The highest BCUT2D eigenvalue weighted by atomic mass is 79.9. The Morgan fingerprint density at radius 2 is 1.84 bits per heavy atom. The van der Waals surface area contributed by atoms with Crippen LogP contribution in [0.25, 0.3) is 0 Å². The van der Waals surface area contributed by atoms with Crippen LogP contribution < -0.4 is 10.6 Å². The minimum absolute atomic E-state index is 0.776. The fourth-order valence-corrected chi connectivity index (χ4v) is 2.69. The molecule has 0 atom stereocenters. The first-order valence-corrected chi connectivity index (χ1v) is 7.09. The number of nitrogen functional groups attached to an aromatic ring is 1. The number of nitrogens with zero attached hydrogens (tertiary/aromatic N) is 1. The van der Waals surface area contributed by atoms with Crippen LogP contribution >= 0.6 is 15.9 Å². The molecule has 0 aliphatic heterocycles. The van der Waals surface area contributed by atoms with Crippen molar-refractivity contribution >= 4 is 27.3 Å². The van der Waals surface area contributed by atoms with Crippen LogP contribution in [0.4, 0.5) is 11.4 Å². The summed E-state index contributed by atoms with van der Waals surface area (Å²) in [6, 6.07) is 12.6. The van der Waals surface area contributed by atoms with Crippen molar-refractivity contribution in [3.63, 3.8) is 0 Å². The maximum absolute atomic E-state index is 5.81. The Morgan fingerprint density at radius 3 is 2.47 bits per heavy atom. The predicted molar refractivity (Wildman–Crippen MR) is 86.6 cm³/mol. The summed E-state index contributed by atoms with van der Waals surface area (Å²) in [7, 11) is 2.11. The van der Waals surface area contributed by atoms with Crippen LogP contribution in [0, 0.1) is 13.8 Å². The number of anilines is 2. The van der Waals surface area contributed by atoms with E-state index >= 15 is 0 Å². The number of hydrogen-bond acceptors (Lipinski definition) is 2. The van der Waals surface area contributed by atoms with E-state index in [1.54, 1.807) is 0 Å². The second kappa shape index (κ2) is 5.66. The quantitative estimate of drug-likeness (QED) is 0.856. The molecule has 0 heterocycles. The Morgan fingerprint density at radius 1 is 1.11 bits per heavy atom. The largest absolute Gasteiger partial charge is 0.398 e. The molecule has 0 radical (unpaired) electrons. The summed E-state index contributed by atoms with van der Waals surface area (Å²) >= 11 is 3.47. The number of rotatable bonds is 3. The zero-order valence-corrected chi connectivity index (χ0v) is 13.2. The standard InChI is InChI=1S/C16H19BrN2/c1-11-4-7-16(12(2)8-11)19(3)10-13-5-6-15(18)14(17)9-13/h4-9H,10,18H2,1-3H3. The second-order valence-electron chi connectivity index (χ2n) is 5.00. The summed E-state index contributed by atoms with van der Waals surface area (Å²) in [5.74, 6) is 0. The topological polar surface area (TPSA) is 29.3 Å². The zero-order chi connectivity index (χ0) is 14.0. The molecule has 0 aliphatic carbocycles. The average Bonchev–Trinajstić information content (AvgIpc) is 2.33. The Kier molecular flexibility index (Phi) is 4.15. The monoisotopic (exact) mass is 318 g/mol. The molecule has 0 saturated carbocycles. The molecule has 2 rings (SSSR count). The van der Waals surface area contributed by atoms with E-state index in [2.05, 4.69) is 72.1 Å². The Bertz CT molecular complexity index is 593. The highest BCUT2D eigenvalue weighted by molar-refractivity contribution is 9.10. The predicted octanol–water partition coefficient (Wildman–Crippen LogP) is 4.28. The first-order valence-electron chi connectivity index (χ1n) is 6.29. The molecule has 0 bridgehead atoms. The molecule has 2 N–H and O–H groups in total. The van der Waals surface area contributed by atoms with Crippen molar-refractivity contribution in [2.24, 2.45) is 0 Å². The molecule has 2 aromatic carbocycles. The summed E-state index contributed by atoms with van der Waals surface area (Å²) < 4.78 is 0.957. The third kappa shape index (κ3) is 3.29. The number of aryl methyl sites for hydroxylation is 2. The van der Waals surface area contributed by atoms with Gasteiger partial charge in [-0.1, -0.05) is 23.8 Å². The molecule has 0 aromatic heterocycles. The maximum atomic E-state index is 5.81. The molecule has 0 saturated heterocycles. The summed E-state index contributed by atoms with van der Waals surface area (Å²) in [6.45, 7) is 5.13. The Hall–Kier alpha value is -1.48. The van der Waals surface area contributed by atoms with Gasteiger partial charge in [0, 0.05) is 29.4 Å². The van der Waals surface area contributed by atoms with Gasteiger partial charge in [0.2, 0.25) is 0 Å². The van der Waals surface area contributed by atoms with Crippen LogP contribution in [-0.4, -0.2) is 7.05 Å². The Balaban J connectivity index is 2.20. The van der Waals surface area contributed by atoms with Crippen molar-refractivity contribution in [2.45, 2.75) is 20.4 Å². The number of halogens is 1. The molecule has 2 aromatic rings. The number of benzene rings is 2. The molecule has 2 nitrogen and oxygen atoms in total. The molecule has 0 amide bonds. The molecule has 0 fully saturated rings. The molecule has 3 heteroatoms. The third-order valence-corrected chi connectivity index (χ3v) is 3.93. The minimum Gasteiger partial charge on any atom is -0.398 e. The molecular formula is C16H19BrN2. The molecular weight excluding hydrogens is 300 g/mol. The second-order valence-corrected chi connectivity index (χ2v) is 5.86. The van der Waals surface area contributed by atoms with Crippen LogP contribution in [0.15, 0.2) is 40.9 Å². The SMILES string of the molecule is Cc1ccc(N(C)Cc2ccc(N)c(Br)c2)c(C)c1. The van der Waals surface area contributed by atoms with Crippen molar-refractivity contribution in [3.05, 3.63) is 57.6 Å². The smallest absolute Gasteiger partial charge is 0.0458 e. The first kappa shape index (κ1) is 13.9. The van der Waals surface area contributed by atoms with Gasteiger partial charge in [-0.25, -0.2) is 0 Å². The van der Waals surface area contributed by atoms with E-state index in [1.165, 1.54) is 22.4 Å². The lowest BCUT2D eigenvalue weighted by Crippen LogP contribution is -2.17. The van der Waals surface area contributed by atoms with Gasteiger partial charge in [-0.15, -0.1) is 0 Å². The maximum Gasteiger partial charge on any atom is 0.0458 e. The van der Waals surface area contributed by atoms with Gasteiger partial charge >= 0.3 is 0 Å². The van der Waals surface area contributed by atoms with Gasteiger partial charge in [0.15, 0.2) is 0 Å². The van der Waals surface area contributed by atoms with E-state index < -0.39 is 0 Å². The fourth-order valence-electron chi connectivity index (χ4n) is 2.26. The normalized spacial score (nSPS) is 10.5. The lowest BCUT2D eigenvalue weighted by molar-refractivity contribution is 0.916. The summed E-state index contributed by atoms with van der Waals surface area (Å²) in [6.07, 6.45) is 0. The minimum atomic E-state index is 0.776. The number of hydrogen-bond donors (Lipinski definition) is 1. The molecule has 0 aliphatic rings. The van der Waals surface area contributed by atoms with E-state index in [4.69, 9.17) is 5.73 Å². The summed E-state index contributed by atoms with van der Waals surface area (Å²) in [4.78, 5) is 2.26. The van der Waals surface area contributed by atoms with Gasteiger partial charge in [-0.2, -0.15) is 0 Å². The highest BCUT2D eigenvalue weighted by Crippen LogP contribution is 2.24. The fraction of sp³-hybridized carbons (Fsp3) is 0.250. The van der Waals surface area contributed by atoms with Gasteiger partial charge in [0.25, 0.3) is 0 Å². The van der Waals surface area contributed by atoms with Crippen LogP contribution in [0.5, 0.6) is 0 Å². The summed E-state index contributed by atoms with van der Waals surface area (Å²) in [5, 5.41) is 0. The molecule has 0 spiro atoms. The first-order chi connectivity index (χ1) is 8.97. The number of nitrogens with two attached hydrogens (primary N) is 1. The van der Waals surface area contributed by atoms with Gasteiger partial charge in [-0.05, 0) is 59.1 Å². The van der Waals surface area contributed by atoms with E-state index in [9.17, 15) is 0 Å². The zero-order valence-electron chi connectivity index (χ0n) is 11.6. The van der Waals surface area contributed by atoms with E-state index in [0.717, 1.165) is 16.7 Å². The van der Waals surface area contributed by atoms with Crippen LogP contribution in [0.1, 0.15) is 16.7 Å². The van der Waals surface area contributed by atoms with Crippen molar-refractivity contribution in [3.8, 4) is 0 Å². The lowest BCUT2D eigenvalue weighted by Gasteiger charge is -2.22. The van der Waals surface area contributed by atoms with Crippen molar-refractivity contribution < 1.29 is 0 Å². The third-order valence-electron chi connectivity index (χ3n) is 3.25. The van der Waals surface area contributed by atoms with E-state index in [-0.39, 0.29) is 0 Å². The van der Waals surface area contributed by atoms with E-state index in [1.807, 2.05) is 6.07 Å². The van der Waals surface area contributed by atoms with E-state index in [0.29, 0.717) is 0 Å². The van der Waals surface area contributed by atoms with Crippen molar-refractivity contribution in [2.75, 3.05) is 17.7 Å². The van der Waals surface area contributed by atoms with Gasteiger partial charge in [0.05, 0.1) is 0 Å². The van der Waals surface area contributed by atoms with Crippen molar-refractivity contribution in [1.29, 1.82) is 0 Å².